The molecule has 1 unspecified atom stereocenters. The molecule has 0 spiro atoms. The van der Waals surface area contributed by atoms with Gasteiger partial charge in [-0.1, -0.05) is 35.0 Å². The van der Waals surface area contributed by atoms with Crippen LogP contribution in [0.25, 0.3) is 0 Å². The van der Waals surface area contributed by atoms with Crippen LogP contribution in [0, 0.1) is 0 Å². The van der Waals surface area contributed by atoms with Crippen molar-refractivity contribution >= 4 is 15.9 Å². The second kappa shape index (κ2) is 5.98. The summed E-state index contributed by atoms with van der Waals surface area (Å²) < 4.78 is 1.18. The van der Waals surface area contributed by atoms with Crippen LogP contribution >= 0.6 is 15.9 Å². The Balaban J connectivity index is 1.95. The maximum atomic E-state index is 3.54. The van der Waals surface area contributed by atoms with Crippen LogP contribution in [0.2, 0.25) is 0 Å². The largest absolute Gasteiger partial charge is 0.301 e. The van der Waals surface area contributed by atoms with E-state index in [1.165, 1.54) is 36.1 Å². The van der Waals surface area contributed by atoms with E-state index < -0.39 is 0 Å². The van der Waals surface area contributed by atoms with Crippen LogP contribution in [0.3, 0.4) is 0 Å². The summed E-state index contributed by atoms with van der Waals surface area (Å²) in [4.78, 5) is 5.05. The Hall–Kier alpha value is -0.380. The summed E-state index contributed by atoms with van der Waals surface area (Å²) >= 11 is 3.54. The van der Waals surface area contributed by atoms with Crippen LogP contribution in [0.15, 0.2) is 28.7 Å². The number of nitrogens with zero attached hydrogens (tertiary/aromatic N) is 2. The van der Waals surface area contributed by atoms with E-state index in [1.807, 2.05) is 0 Å². The minimum Gasteiger partial charge on any atom is -0.301 e. The number of benzene rings is 1. The van der Waals surface area contributed by atoms with Crippen LogP contribution in [-0.2, 0) is 6.54 Å². The quantitative estimate of drug-likeness (QED) is 0.846. The molecule has 0 saturated carbocycles. The summed E-state index contributed by atoms with van der Waals surface area (Å²) in [6, 6.07) is 9.36. The summed E-state index contributed by atoms with van der Waals surface area (Å²) in [5.41, 5.74) is 1.40. The summed E-state index contributed by atoms with van der Waals surface area (Å²) in [6.07, 6.45) is 1.24. The lowest BCUT2D eigenvalue weighted by Crippen LogP contribution is -2.50. The molecule has 1 aliphatic heterocycles. The van der Waals surface area contributed by atoms with Crippen molar-refractivity contribution < 1.29 is 0 Å². The topological polar surface area (TPSA) is 6.48 Å². The van der Waals surface area contributed by atoms with Gasteiger partial charge in [-0.15, -0.1) is 0 Å². The number of hydrogen-bond donors (Lipinski definition) is 0. The van der Waals surface area contributed by atoms with E-state index in [1.54, 1.807) is 0 Å². The van der Waals surface area contributed by atoms with Crippen LogP contribution in [-0.4, -0.2) is 42.5 Å². The molecule has 2 rings (SSSR count). The molecule has 0 radical (unpaired) electrons. The fourth-order valence-electron chi connectivity index (χ4n) is 2.49. The van der Waals surface area contributed by atoms with Crippen molar-refractivity contribution in [3.05, 3.63) is 34.3 Å². The van der Waals surface area contributed by atoms with Gasteiger partial charge >= 0.3 is 0 Å². The molecule has 1 aromatic carbocycles. The average molecular weight is 297 g/mol. The maximum Gasteiger partial charge on any atom is 0.0235 e. The van der Waals surface area contributed by atoms with Crippen molar-refractivity contribution in [3.8, 4) is 0 Å². The fourth-order valence-corrected chi connectivity index (χ4v) is 2.93. The van der Waals surface area contributed by atoms with Crippen molar-refractivity contribution in [2.24, 2.45) is 0 Å². The lowest BCUT2D eigenvalue weighted by Gasteiger charge is -2.39. The molecule has 94 valence electrons. The van der Waals surface area contributed by atoms with E-state index in [0.29, 0.717) is 0 Å². The number of likely N-dealkylation sites (N-methyl/N-ethyl adjacent to an activating group) is 1. The van der Waals surface area contributed by atoms with Gasteiger partial charge in [-0.25, -0.2) is 0 Å². The molecule has 1 aliphatic rings. The third kappa shape index (κ3) is 3.54. The van der Waals surface area contributed by atoms with Gasteiger partial charge in [0.2, 0.25) is 0 Å². The van der Waals surface area contributed by atoms with E-state index in [0.717, 1.165) is 12.6 Å². The van der Waals surface area contributed by atoms with Crippen molar-refractivity contribution in [2.75, 3.05) is 26.7 Å². The summed E-state index contributed by atoms with van der Waals surface area (Å²) in [5.74, 6) is 0. The zero-order valence-electron chi connectivity index (χ0n) is 10.7. The van der Waals surface area contributed by atoms with Crippen LogP contribution < -0.4 is 0 Å². The minimum absolute atomic E-state index is 0.718. The molecule has 1 heterocycles. The molecule has 17 heavy (non-hydrogen) atoms. The molecule has 0 bridgehead atoms. The second-order valence-corrected chi connectivity index (χ2v) is 5.82. The Morgan fingerprint density at radius 3 is 2.88 bits per heavy atom. The van der Waals surface area contributed by atoms with E-state index >= 15 is 0 Å². The molecule has 0 amide bonds. The summed E-state index contributed by atoms with van der Waals surface area (Å²) in [6.45, 7) is 6.92. The first-order valence-corrected chi connectivity index (χ1v) is 7.15. The predicted molar refractivity (Wildman–Crippen MR) is 76.1 cm³/mol. The van der Waals surface area contributed by atoms with E-state index in [2.05, 4.69) is 64.0 Å². The first-order valence-electron chi connectivity index (χ1n) is 6.36. The molecule has 1 aromatic rings. The van der Waals surface area contributed by atoms with Crippen LogP contribution in [0.4, 0.5) is 0 Å². The fraction of sp³-hybridized carbons (Fsp3) is 0.571. The Morgan fingerprint density at radius 1 is 1.35 bits per heavy atom. The lowest BCUT2D eigenvalue weighted by molar-refractivity contribution is 0.0884. The molecule has 1 saturated heterocycles. The lowest BCUT2D eigenvalue weighted by atomic mass is 10.1. The Morgan fingerprint density at radius 2 is 2.18 bits per heavy atom. The van der Waals surface area contributed by atoms with E-state index in [4.69, 9.17) is 0 Å². The SMILES string of the molecule is CCC1CN(Cc2cccc(Br)c2)CCN1C. The van der Waals surface area contributed by atoms with Gasteiger partial charge in [0, 0.05) is 36.7 Å². The second-order valence-electron chi connectivity index (χ2n) is 4.91. The zero-order chi connectivity index (χ0) is 12.3. The molecular weight excluding hydrogens is 276 g/mol. The monoisotopic (exact) mass is 296 g/mol. The third-order valence-electron chi connectivity index (χ3n) is 3.63. The number of halogens is 1. The van der Waals surface area contributed by atoms with Gasteiger partial charge in [-0.05, 0) is 31.2 Å². The maximum absolute atomic E-state index is 3.54. The molecular formula is C14H21BrN2. The van der Waals surface area contributed by atoms with E-state index in [-0.39, 0.29) is 0 Å². The van der Waals surface area contributed by atoms with Crippen molar-refractivity contribution in [1.82, 2.24) is 9.80 Å². The molecule has 0 aliphatic carbocycles. The highest BCUT2D eigenvalue weighted by atomic mass is 79.9. The van der Waals surface area contributed by atoms with Gasteiger partial charge in [0.15, 0.2) is 0 Å². The molecule has 2 nitrogen and oxygen atoms in total. The Labute approximate surface area is 113 Å². The third-order valence-corrected chi connectivity index (χ3v) is 4.12. The first kappa shape index (κ1) is 13.1. The minimum atomic E-state index is 0.718. The summed E-state index contributed by atoms with van der Waals surface area (Å²) in [7, 11) is 2.24. The van der Waals surface area contributed by atoms with E-state index in [9.17, 15) is 0 Å². The number of hydrogen-bond acceptors (Lipinski definition) is 2. The molecule has 3 heteroatoms. The Kier molecular flexibility index (Phi) is 4.60. The van der Waals surface area contributed by atoms with Crippen molar-refractivity contribution in [1.29, 1.82) is 0 Å². The van der Waals surface area contributed by atoms with Gasteiger partial charge in [0.25, 0.3) is 0 Å². The van der Waals surface area contributed by atoms with Gasteiger partial charge < -0.3 is 4.90 Å². The highest BCUT2D eigenvalue weighted by Gasteiger charge is 2.22. The highest BCUT2D eigenvalue weighted by Crippen LogP contribution is 2.16. The van der Waals surface area contributed by atoms with Gasteiger partial charge in [0.1, 0.15) is 0 Å². The molecule has 1 atom stereocenters. The Bertz CT molecular complexity index is 367. The molecule has 0 N–H and O–H groups in total. The number of rotatable bonds is 3. The molecule has 0 aromatic heterocycles. The smallest absolute Gasteiger partial charge is 0.0235 e. The normalized spacial score (nSPS) is 22.9. The standard InChI is InChI=1S/C14H21BrN2/c1-3-14-11-17(8-7-16(14)2)10-12-5-4-6-13(15)9-12/h4-6,9,14H,3,7-8,10-11H2,1-2H3. The predicted octanol–water partition coefficient (Wildman–Crippen LogP) is 2.98. The van der Waals surface area contributed by atoms with Crippen molar-refractivity contribution in [3.63, 3.8) is 0 Å². The van der Waals surface area contributed by atoms with Gasteiger partial charge in [0.05, 0.1) is 0 Å². The van der Waals surface area contributed by atoms with Crippen LogP contribution in [0.1, 0.15) is 18.9 Å². The highest BCUT2D eigenvalue weighted by molar-refractivity contribution is 9.10. The number of piperazine rings is 1. The molecule has 1 fully saturated rings. The average Bonchev–Trinajstić information content (AvgIpc) is 2.32. The van der Waals surface area contributed by atoms with Crippen LogP contribution in [0.5, 0.6) is 0 Å². The first-order chi connectivity index (χ1) is 8.19. The van der Waals surface area contributed by atoms with Gasteiger partial charge in [-0.3, -0.25) is 4.90 Å². The van der Waals surface area contributed by atoms with Gasteiger partial charge in [-0.2, -0.15) is 0 Å². The zero-order valence-corrected chi connectivity index (χ0v) is 12.3. The van der Waals surface area contributed by atoms with Crippen molar-refractivity contribution in [2.45, 2.75) is 25.9 Å². The summed E-state index contributed by atoms with van der Waals surface area (Å²) in [5, 5.41) is 0.